The predicted molar refractivity (Wildman–Crippen MR) is 103 cm³/mol. The molecule has 4 rings (SSSR count). The standard InChI is InChI=1S/C22H29FN2O3/c23-19-7-3-4-17(14-19)16-25-12-13-28-22(15-20(25)26)8-10-24(11-9-22)21(27)18-5-1-2-6-18/h3-4,7,14,18H,1-2,5-6,8-13,15-16H2. The van der Waals surface area contributed by atoms with Gasteiger partial charge in [0.25, 0.3) is 0 Å². The number of halogens is 1. The van der Waals surface area contributed by atoms with Gasteiger partial charge in [0.2, 0.25) is 11.8 Å². The van der Waals surface area contributed by atoms with Gasteiger partial charge in [-0.1, -0.05) is 25.0 Å². The van der Waals surface area contributed by atoms with Crippen LogP contribution in [0.2, 0.25) is 0 Å². The Hall–Kier alpha value is -1.95. The van der Waals surface area contributed by atoms with Crippen molar-refractivity contribution in [3.63, 3.8) is 0 Å². The average Bonchev–Trinajstić information content (AvgIpc) is 3.17. The van der Waals surface area contributed by atoms with Crippen molar-refractivity contribution in [3.8, 4) is 0 Å². The molecule has 5 nitrogen and oxygen atoms in total. The summed E-state index contributed by atoms with van der Waals surface area (Å²) in [5, 5.41) is 0. The summed E-state index contributed by atoms with van der Waals surface area (Å²) in [6.07, 6.45) is 6.12. The molecule has 1 saturated carbocycles. The number of likely N-dealkylation sites (tertiary alicyclic amines) is 1. The lowest BCUT2D eigenvalue weighted by Gasteiger charge is -2.41. The molecular weight excluding hydrogens is 359 g/mol. The Kier molecular flexibility index (Phi) is 5.67. The third-order valence-electron chi connectivity index (χ3n) is 6.55. The fourth-order valence-corrected chi connectivity index (χ4v) is 4.85. The topological polar surface area (TPSA) is 49.9 Å². The molecule has 152 valence electrons. The van der Waals surface area contributed by atoms with Gasteiger partial charge in [-0.15, -0.1) is 0 Å². The van der Waals surface area contributed by atoms with Crippen LogP contribution < -0.4 is 0 Å². The Bertz CT molecular complexity index is 724. The number of carbonyl (C=O) groups excluding carboxylic acids is 2. The van der Waals surface area contributed by atoms with Gasteiger partial charge in [-0.2, -0.15) is 0 Å². The van der Waals surface area contributed by atoms with Gasteiger partial charge in [0, 0.05) is 32.1 Å². The second kappa shape index (κ2) is 8.19. The van der Waals surface area contributed by atoms with Gasteiger partial charge < -0.3 is 14.5 Å². The Morgan fingerprint density at radius 3 is 2.64 bits per heavy atom. The van der Waals surface area contributed by atoms with Crippen molar-refractivity contribution in [3.05, 3.63) is 35.6 Å². The molecule has 0 N–H and O–H groups in total. The summed E-state index contributed by atoms with van der Waals surface area (Å²) in [6.45, 7) is 2.75. The summed E-state index contributed by atoms with van der Waals surface area (Å²) in [7, 11) is 0. The first kappa shape index (κ1) is 19.4. The molecule has 28 heavy (non-hydrogen) atoms. The van der Waals surface area contributed by atoms with Gasteiger partial charge in [0.1, 0.15) is 5.82 Å². The van der Waals surface area contributed by atoms with Gasteiger partial charge >= 0.3 is 0 Å². The Morgan fingerprint density at radius 1 is 1.18 bits per heavy atom. The number of carbonyl (C=O) groups is 2. The number of nitrogens with zero attached hydrogens (tertiary/aromatic N) is 2. The van der Waals surface area contributed by atoms with E-state index in [1.807, 2.05) is 11.0 Å². The fourth-order valence-electron chi connectivity index (χ4n) is 4.85. The third-order valence-corrected chi connectivity index (χ3v) is 6.55. The number of piperidine rings is 1. The number of hydrogen-bond donors (Lipinski definition) is 0. The molecule has 0 aromatic heterocycles. The molecule has 0 bridgehead atoms. The molecule has 3 fully saturated rings. The van der Waals surface area contributed by atoms with Crippen LogP contribution >= 0.6 is 0 Å². The molecule has 1 aliphatic carbocycles. The first-order valence-electron chi connectivity index (χ1n) is 10.5. The normalized spacial score (nSPS) is 23.2. The van der Waals surface area contributed by atoms with Gasteiger partial charge in [-0.25, -0.2) is 4.39 Å². The second-order valence-corrected chi connectivity index (χ2v) is 8.46. The average molecular weight is 388 g/mol. The SMILES string of the molecule is O=C1CC2(CCN(C(=O)C3CCCC3)CC2)OCCN1Cc1cccc(F)c1. The number of ether oxygens (including phenoxy) is 1. The van der Waals surface area contributed by atoms with E-state index in [0.29, 0.717) is 58.0 Å². The lowest BCUT2D eigenvalue weighted by Crippen LogP contribution is -2.50. The summed E-state index contributed by atoms with van der Waals surface area (Å²) in [5.41, 5.74) is 0.335. The highest BCUT2D eigenvalue weighted by atomic mass is 19.1. The quantitative estimate of drug-likeness (QED) is 0.799. The summed E-state index contributed by atoms with van der Waals surface area (Å²) in [6, 6.07) is 6.39. The van der Waals surface area contributed by atoms with E-state index in [4.69, 9.17) is 4.74 Å². The van der Waals surface area contributed by atoms with Crippen LogP contribution in [0.3, 0.4) is 0 Å². The maximum atomic E-state index is 13.4. The maximum Gasteiger partial charge on any atom is 0.225 e. The molecular formula is C22H29FN2O3. The van der Waals surface area contributed by atoms with E-state index in [0.717, 1.165) is 31.2 Å². The van der Waals surface area contributed by atoms with Crippen LogP contribution in [0.4, 0.5) is 4.39 Å². The summed E-state index contributed by atoms with van der Waals surface area (Å²) in [4.78, 5) is 29.3. The predicted octanol–water partition coefficient (Wildman–Crippen LogP) is 3.13. The zero-order chi connectivity index (χ0) is 19.6. The van der Waals surface area contributed by atoms with Gasteiger partial charge in [0.15, 0.2) is 0 Å². The van der Waals surface area contributed by atoms with Crippen LogP contribution in [-0.4, -0.2) is 53.5 Å². The van der Waals surface area contributed by atoms with Crippen LogP contribution in [0.15, 0.2) is 24.3 Å². The van der Waals surface area contributed by atoms with Gasteiger partial charge in [-0.3, -0.25) is 9.59 Å². The molecule has 1 aromatic carbocycles. The monoisotopic (exact) mass is 388 g/mol. The molecule has 0 unspecified atom stereocenters. The molecule has 2 saturated heterocycles. The molecule has 1 aromatic rings. The molecule has 0 radical (unpaired) electrons. The minimum Gasteiger partial charge on any atom is -0.372 e. The van der Waals surface area contributed by atoms with E-state index < -0.39 is 5.60 Å². The van der Waals surface area contributed by atoms with Gasteiger partial charge in [-0.05, 0) is 43.4 Å². The van der Waals surface area contributed by atoms with Crippen molar-refractivity contribution in [2.45, 2.75) is 57.1 Å². The smallest absolute Gasteiger partial charge is 0.225 e. The lowest BCUT2D eigenvalue weighted by atomic mass is 9.87. The third kappa shape index (κ3) is 4.22. The van der Waals surface area contributed by atoms with Crippen molar-refractivity contribution in [2.75, 3.05) is 26.2 Å². The van der Waals surface area contributed by atoms with Crippen molar-refractivity contribution >= 4 is 11.8 Å². The second-order valence-electron chi connectivity index (χ2n) is 8.46. The first-order chi connectivity index (χ1) is 13.5. The van der Waals surface area contributed by atoms with E-state index in [1.54, 1.807) is 11.0 Å². The van der Waals surface area contributed by atoms with Gasteiger partial charge in [0.05, 0.1) is 18.6 Å². The lowest BCUT2D eigenvalue weighted by molar-refractivity contribution is -0.144. The minimum atomic E-state index is -0.458. The van der Waals surface area contributed by atoms with E-state index in [2.05, 4.69) is 0 Å². The van der Waals surface area contributed by atoms with Crippen LogP contribution in [0.1, 0.15) is 50.5 Å². The van der Waals surface area contributed by atoms with Crippen molar-refractivity contribution in [1.29, 1.82) is 0 Å². The highest BCUT2D eigenvalue weighted by Crippen LogP contribution is 2.34. The van der Waals surface area contributed by atoms with E-state index >= 15 is 0 Å². The molecule has 0 atom stereocenters. The summed E-state index contributed by atoms with van der Waals surface area (Å²) < 4.78 is 19.6. The van der Waals surface area contributed by atoms with E-state index in [9.17, 15) is 14.0 Å². The Labute approximate surface area is 165 Å². The fraction of sp³-hybridized carbons (Fsp3) is 0.636. The highest BCUT2D eigenvalue weighted by molar-refractivity contribution is 5.80. The summed E-state index contributed by atoms with van der Waals surface area (Å²) in [5.74, 6) is 0.261. The molecule has 2 heterocycles. The Morgan fingerprint density at radius 2 is 1.93 bits per heavy atom. The largest absolute Gasteiger partial charge is 0.372 e. The van der Waals surface area contributed by atoms with E-state index in [1.165, 1.54) is 12.1 Å². The Balaban J connectivity index is 1.35. The molecule has 2 amide bonds. The molecule has 6 heteroatoms. The van der Waals surface area contributed by atoms with E-state index in [-0.39, 0.29) is 17.6 Å². The number of amides is 2. The number of rotatable bonds is 3. The van der Waals surface area contributed by atoms with Crippen molar-refractivity contribution in [1.82, 2.24) is 9.80 Å². The molecule has 3 aliphatic rings. The van der Waals surface area contributed by atoms with Crippen molar-refractivity contribution in [2.24, 2.45) is 5.92 Å². The number of benzene rings is 1. The first-order valence-corrected chi connectivity index (χ1v) is 10.5. The van der Waals surface area contributed by atoms with Crippen LogP contribution in [0, 0.1) is 11.7 Å². The van der Waals surface area contributed by atoms with Crippen LogP contribution in [-0.2, 0) is 20.9 Å². The summed E-state index contributed by atoms with van der Waals surface area (Å²) >= 11 is 0. The van der Waals surface area contributed by atoms with Crippen LogP contribution in [0.25, 0.3) is 0 Å². The number of hydrogen-bond acceptors (Lipinski definition) is 3. The highest BCUT2D eigenvalue weighted by Gasteiger charge is 2.42. The zero-order valence-electron chi connectivity index (χ0n) is 16.4. The minimum absolute atomic E-state index is 0.0531. The zero-order valence-corrected chi connectivity index (χ0v) is 16.4. The maximum absolute atomic E-state index is 13.4. The molecule has 2 aliphatic heterocycles. The van der Waals surface area contributed by atoms with Crippen molar-refractivity contribution < 1.29 is 18.7 Å². The van der Waals surface area contributed by atoms with Crippen LogP contribution in [0.5, 0.6) is 0 Å². The molecule has 1 spiro atoms.